The predicted octanol–water partition coefficient (Wildman–Crippen LogP) is 3.32. The molecule has 6 heteroatoms. The molecule has 0 radical (unpaired) electrons. The molecule has 0 aromatic heterocycles. The highest BCUT2D eigenvalue weighted by molar-refractivity contribution is 9.10. The van der Waals surface area contributed by atoms with Crippen LogP contribution in [0.1, 0.15) is 36.5 Å². The van der Waals surface area contributed by atoms with E-state index in [2.05, 4.69) is 28.2 Å². The van der Waals surface area contributed by atoms with Crippen LogP contribution in [0.25, 0.3) is 0 Å². The molecule has 1 heterocycles. The maximum Gasteiger partial charge on any atom is 0.254 e. The number of piperidine rings is 1. The number of rotatable bonds is 7. The Kier molecular flexibility index (Phi) is 7.37. The molecule has 1 amide bonds. The Balaban J connectivity index is 2.11. The number of ether oxygens (including phenoxy) is 2. The summed E-state index contributed by atoms with van der Waals surface area (Å²) in [5, 5.41) is 3.22. The second-order valence-corrected chi connectivity index (χ2v) is 6.99. The molecule has 5 nitrogen and oxygen atoms in total. The van der Waals surface area contributed by atoms with Crippen molar-refractivity contribution in [2.45, 2.75) is 26.2 Å². The Morgan fingerprint density at radius 1 is 1.38 bits per heavy atom. The maximum absolute atomic E-state index is 12.8. The zero-order chi connectivity index (χ0) is 17.5. The quantitative estimate of drug-likeness (QED) is 0.765. The Hall–Kier alpha value is -1.27. The van der Waals surface area contributed by atoms with Gasteiger partial charge in [0.15, 0.2) is 11.5 Å². The van der Waals surface area contributed by atoms with Crippen LogP contribution in [0.3, 0.4) is 0 Å². The van der Waals surface area contributed by atoms with Gasteiger partial charge in [0.2, 0.25) is 0 Å². The summed E-state index contributed by atoms with van der Waals surface area (Å²) in [5.74, 6) is 1.96. The molecule has 0 unspecified atom stereocenters. The predicted molar refractivity (Wildman–Crippen MR) is 99.0 cm³/mol. The van der Waals surface area contributed by atoms with Gasteiger partial charge >= 0.3 is 0 Å². The topological polar surface area (TPSA) is 50.8 Å². The van der Waals surface area contributed by atoms with Gasteiger partial charge in [0.1, 0.15) is 0 Å². The second-order valence-electron chi connectivity index (χ2n) is 6.13. The highest BCUT2D eigenvalue weighted by Crippen LogP contribution is 2.37. The first kappa shape index (κ1) is 19.1. The maximum atomic E-state index is 12.8. The van der Waals surface area contributed by atoms with E-state index in [0.29, 0.717) is 29.6 Å². The van der Waals surface area contributed by atoms with Crippen LogP contribution in [-0.4, -0.2) is 51.2 Å². The van der Waals surface area contributed by atoms with Crippen LogP contribution < -0.4 is 14.8 Å². The molecule has 1 aromatic rings. The van der Waals surface area contributed by atoms with E-state index in [1.807, 2.05) is 18.0 Å². The fraction of sp³-hybridized carbons (Fsp3) is 0.611. The molecular formula is C18H27BrN2O3. The smallest absolute Gasteiger partial charge is 0.254 e. The SMILES string of the molecule is CCCOc1c(Br)cc(C(=O)N2CCC(CNC)CC2)cc1OC. The lowest BCUT2D eigenvalue weighted by Gasteiger charge is -2.32. The van der Waals surface area contributed by atoms with E-state index >= 15 is 0 Å². The largest absolute Gasteiger partial charge is 0.493 e. The fourth-order valence-corrected chi connectivity index (χ4v) is 3.56. The van der Waals surface area contributed by atoms with E-state index in [4.69, 9.17) is 9.47 Å². The minimum absolute atomic E-state index is 0.0546. The third kappa shape index (κ3) is 4.63. The number of halogens is 1. The van der Waals surface area contributed by atoms with Gasteiger partial charge in [-0.25, -0.2) is 0 Å². The fourth-order valence-electron chi connectivity index (χ4n) is 3.00. The number of methoxy groups -OCH3 is 1. The first-order valence-electron chi connectivity index (χ1n) is 8.54. The van der Waals surface area contributed by atoms with Crippen molar-refractivity contribution in [3.05, 3.63) is 22.2 Å². The van der Waals surface area contributed by atoms with Crippen molar-refractivity contribution in [2.75, 3.05) is 40.4 Å². The number of amides is 1. The number of nitrogens with zero attached hydrogens (tertiary/aromatic N) is 1. The standard InChI is InChI=1S/C18H27BrN2O3/c1-4-9-24-17-15(19)10-14(11-16(17)23-3)18(22)21-7-5-13(6-8-21)12-20-2/h10-11,13,20H,4-9,12H2,1-3H3. The number of hydrogen-bond acceptors (Lipinski definition) is 4. The van der Waals surface area contributed by atoms with Gasteiger partial charge in [-0.05, 0) is 66.8 Å². The van der Waals surface area contributed by atoms with Crippen molar-refractivity contribution in [3.8, 4) is 11.5 Å². The average molecular weight is 399 g/mol. The molecule has 1 saturated heterocycles. The molecule has 0 spiro atoms. The summed E-state index contributed by atoms with van der Waals surface area (Å²) in [7, 11) is 3.57. The molecule has 0 aliphatic carbocycles. The van der Waals surface area contributed by atoms with Gasteiger partial charge in [0, 0.05) is 18.7 Å². The molecule has 0 atom stereocenters. The van der Waals surface area contributed by atoms with Gasteiger partial charge < -0.3 is 19.7 Å². The van der Waals surface area contributed by atoms with Crippen molar-refractivity contribution in [1.29, 1.82) is 0 Å². The molecule has 134 valence electrons. The number of nitrogens with one attached hydrogen (secondary N) is 1. The average Bonchev–Trinajstić information content (AvgIpc) is 2.60. The number of hydrogen-bond donors (Lipinski definition) is 1. The van der Waals surface area contributed by atoms with Crippen molar-refractivity contribution in [3.63, 3.8) is 0 Å². The van der Waals surface area contributed by atoms with Crippen LogP contribution in [0.15, 0.2) is 16.6 Å². The summed E-state index contributed by atoms with van der Waals surface area (Å²) >= 11 is 3.51. The van der Waals surface area contributed by atoms with Gasteiger partial charge in [-0.1, -0.05) is 6.92 Å². The summed E-state index contributed by atoms with van der Waals surface area (Å²) in [5.41, 5.74) is 0.634. The first-order valence-corrected chi connectivity index (χ1v) is 9.34. The number of benzene rings is 1. The van der Waals surface area contributed by atoms with E-state index in [9.17, 15) is 4.79 Å². The molecule has 1 N–H and O–H groups in total. The zero-order valence-electron chi connectivity index (χ0n) is 14.7. The van der Waals surface area contributed by atoms with Crippen molar-refractivity contribution < 1.29 is 14.3 Å². The highest BCUT2D eigenvalue weighted by Gasteiger charge is 2.25. The normalized spacial score (nSPS) is 15.4. The Morgan fingerprint density at radius 3 is 2.67 bits per heavy atom. The van der Waals surface area contributed by atoms with Gasteiger partial charge in [-0.15, -0.1) is 0 Å². The third-order valence-electron chi connectivity index (χ3n) is 4.32. The number of carbonyl (C=O) groups excluding carboxylic acids is 1. The number of carbonyl (C=O) groups is 1. The molecule has 1 fully saturated rings. The van der Waals surface area contributed by atoms with Gasteiger partial charge in [-0.3, -0.25) is 4.79 Å². The van der Waals surface area contributed by atoms with Crippen molar-refractivity contribution >= 4 is 21.8 Å². The molecule has 1 aliphatic rings. The van der Waals surface area contributed by atoms with E-state index < -0.39 is 0 Å². The summed E-state index contributed by atoms with van der Waals surface area (Å²) in [6.07, 6.45) is 3.00. The van der Waals surface area contributed by atoms with Gasteiger partial charge in [0.05, 0.1) is 18.2 Å². The van der Waals surface area contributed by atoms with E-state index in [1.54, 1.807) is 13.2 Å². The lowest BCUT2D eigenvalue weighted by atomic mass is 9.96. The molecule has 1 aromatic carbocycles. The van der Waals surface area contributed by atoms with Crippen molar-refractivity contribution in [2.24, 2.45) is 5.92 Å². The Bertz CT molecular complexity index is 557. The molecule has 2 rings (SSSR count). The minimum Gasteiger partial charge on any atom is -0.493 e. The third-order valence-corrected chi connectivity index (χ3v) is 4.91. The van der Waals surface area contributed by atoms with E-state index in [-0.39, 0.29) is 5.91 Å². The molecular weight excluding hydrogens is 372 g/mol. The van der Waals surface area contributed by atoms with Gasteiger partial charge in [-0.2, -0.15) is 0 Å². The Morgan fingerprint density at radius 2 is 2.08 bits per heavy atom. The number of likely N-dealkylation sites (tertiary alicyclic amines) is 1. The van der Waals surface area contributed by atoms with E-state index in [1.165, 1.54) is 0 Å². The summed E-state index contributed by atoms with van der Waals surface area (Å²) in [6, 6.07) is 3.60. The first-order chi connectivity index (χ1) is 11.6. The monoisotopic (exact) mass is 398 g/mol. The summed E-state index contributed by atoms with van der Waals surface area (Å²) < 4.78 is 11.9. The van der Waals surface area contributed by atoms with Gasteiger partial charge in [0.25, 0.3) is 5.91 Å². The molecule has 1 aliphatic heterocycles. The Labute approximate surface area is 152 Å². The van der Waals surface area contributed by atoms with Crippen molar-refractivity contribution in [1.82, 2.24) is 10.2 Å². The highest BCUT2D eigenvalue weighted by atomic mass is 79.9. The van der Waals surface area contributed by atoms with Crippen LogP contribution >= 0.6 is 15.9 Å². The summed E-state index contributed by atoms with van der Waals surface area (Å²) in [4.78, 5) is 14.7. The molecule has 0 bridgehead atoms. The zero-order valence-corrected chi connectivity index (χ0v) is 16.3. The molecule has 0 saturated carbocycles. The van der Waals surface area contributed by atoms with Crippen LogP contribution in [0.5, 0.6) is 11.5 Å². The van der Waals surface area contributed by atoms with Crippen LogP contribution in [0, 0.1) is 5.92 Å². The lowest BCUT2D eigenvalue weighted by Crippen LogP contribution is -2.40. The second kappa shape index (κ2) is 9.28. The summed E-state index contributed by atoms with van der Waals surface area (Å²) in [6.45, 7) is 5.29. The van der Waals surface area contributed by atoms with Crippen LogP contribution in [-0.2, 0) is 0 Å². The van der Waals surface area contributed by atoms with Crippen LogP contribution in [0.4, 0.5) is 0 Å². The minimum atomic E-state index is 0.0546. The van der Waals surface area contributed by atoms with E-state index in [0.717, 1.165) is 43.4 Å². The molecule has 24 heavy (non-hydrogen) atoms. The van der Waals surface area contributed by atoms with Crippen LogP contribution in [0.2, 0.25) is 0 Å². The lowest BCUT2D eigenvalue weighted by molar-refractivity contribution is 0.0690.